The summed E-state index contributed by atoms with van der Waals surface area (Å²) in [5.74, 6) is 0.898. The number of anilines is 1. The fourth-order valence-corrected chi connectivity index (χ4v) is 1.90. The highest BCUT2D eigenvalue weighted by atomic mass is 16.5. The number of pyridine rings is 1. The van der Waals surface area contributed by atoms with Crippen molar-refractivity contribution in [2.45, 2.75) is 19.9 Å². The number of imidazole rings is 1. The molecule has 0 saturated heterocycles. The largest absolute Gasteiger partial charge is 0.337 e. The molecule has 8 heteroatoms. The first-order chi connectivity index (χ1) is 10.1. The molecule has 1 atom stereocenters. The number of hydrogen-bond donors (Lipinski definition) is 2. The molecule has 0 aliphatic rings. The van der Waals surface area contributed by atoms with Gasteiger partial charge < -0.3 is 19.6 Å². The van der Waals surface area contributed by atoms with Gasteiger partial charge in [0, 0.05) is 30.3 Å². The fourth-order valence-electron chi connectivity index (χ4n) is 1.90. The van der Waals surface area contributed by atoms with E-state index in [2.05, 4.69) is 25.8 Å². The molecule has 3 aromatic rings. The van der Waals surface area contributed by atoms with Gasteiger partial charge in [-0.2, -0.15) is 4.98 Å². The second kappa shape index (κ2) is 5.23. The van der Waals surface area contributed by atoms with E-state index >= 15 is 0 Å². The van der Waals surface area contributed by atoms with Gasteiger partial charge in [0.05, 0.1) is 0 Å². The Morgan fingerprint density at radius 3 is 3.05 bits per heavy atom. The number of fused-ring (bicyclic) bond motifs is 1. The number of carbonyl (C=O) groups is 1. The van der Waals surface area contributed by atoms with Crippen LogP contribution in [0.25, 0.3) is 5.65 Å². The molecule has 0 radical (unpaired) electrons. The molecule has 0 spiro atoms. The van der Waals surface area contributed by atoms with Crippen LogP contribution in [0.5, 0.6) is 0 Å². The molecule has 0 fully saturated rings. The van der Waals surface area contributed by atoms with E-state index in [4.69, 9.17) is 4.52 Å². The Hall–Kier alpha value is -2.90. The fraction of sp³-hybridized carbons (Fsp3) is 0.231. The summed E-state index contributed by atoms with van der Waals surface area (Å²) in [6.45, 7) is 3.49. The summed E-state index contributed by atoms with van der Waals surface area (Å²) in [4.78, 5) is 20.2. The van der Waals surface area contributed by atoms with E-state index in [0.29, 0.717) is 17.4 Å². The van der Waals surface area contributed by atoms with Crippen molar-refractivity contribution in [3.63, 3.8) is 0 Å². The van der Waals surface area contributed by atoms with Gasteiger partial charge in [0.25, 0.3) is 0 Å². The number of rotatable bonds is 3. The summed E-state index contributed by atoms with van der Waals surface area (Å²) in [6, 6.07) is 2.84. The average Bonchev–Trinajstić information content (AvgIpc) is 3.06. The van der Waals surface area contributed by atoms with Gasteiger partial charge in [0.1, 0.15) is 11.7 Å². The van der Waals surface area contributed by atoms with Crippen LogP contribution in [0.4, 0.5) is 10.5 Å². The molecule has 0 aromatic carbocycles. The van der Waals surface area contributed by atoms with Gasteiger partial charge in [-0.1, -0.05) is 5.16 Å². The van der Waals surface area contributed by atoms with Crippen molar-refractivity contribution in [1.82, 2.24) is 24.8 Å². The molecular formula is C13H14N6O2. The van der Waals surface area contributed by atoms with Crippen LogP contribution in [0.3, 0.4) is 0 Å². The van der Waals surface area contributed by atoms with E-state index < -0.39 is 0 Å². The maximum Gasteiger partial charge on any atom is 0.319 e. The number of aromatic nitrogens is 4. The van der Waals surface area contributed by atoms with Crippen LogP contribution in [0.15, 0.2) is 35.2 Å². The van der Waals surface area contributed by atoms with E-state index in [1.807, 2.05) is 16.8 Å². The van der Waals surface area contributed by atoms with Crippen LogP contribution in [-0.2, 0) is 0 Å². The van der Waals surface area contributed by atoms with Crippen molar-refractivity contribution in [2.75, 3.05) is 5.32 Å². The first-order valence-corrected chi connectivity index (χ1v) is 6.42. The predicted octanol–water partition coefficient (Wildman–Crippen LogP) is 1.91. The molecule has 3 aromatic heterocycles. The monoisotopic (exact) mass is 286 g/mol. The lowest BCUT2D eigenvalue weighted by atomic mass is 10.3. The lowest BCUT2D eigenvalue weighted by Crippen LogP contribution is -2.31. The smallest absolute Gasteiger partial charge is 0.319 e. The highest BCUT2D eigenvalue weighted by Gasteiger charge is 2.15. The molecule has 2 amide bonds. The lowest BCUT2D eigenvalue weighted by molar-refractivity contribution is 0.245. The van der Waals surface area contributed by atoms with Crippen molar-refractivity contribution in [3.8, 4) is 0 Å². The zero-order valence-corrected chi connectivity index (χ0v) is 11.6. The van der Waals surface area contributed by atoms with Gasteiger partial charge in [0.2, 0.25) is 5.89 Å². The lowest BCUT2D eigenvalue weighted by Gasteiger charge is -2.11. The Bertz CT molecular complexity index is 778. The maximum absolute atomic E-state index is 11.9. The third kappa shape index (κ3) is 2.83. The molecule has 3 heterocycles. The zero-order chi connectivity index (χ0) is 14.8. The zero-order valence-electron chi connectivity index (χ0n) is 11.6. The van der Waals surface area contributed by atoms with Gasteiger partial charge in [-0.15, -0.1) is 0 Å². The number of hydrogen-bond acceptors (Lipinski definition) is 5. The minimum Gasteiger partial charge on any atom is -0.337 e. The van der Waals surface area contributed by atoms with E-state index in [1.54, 1.807) is 32.2 Å². The molecule has 1 unspecified atom stereocenters. The standard InChI is InChI=1S/C13H14N6O2/c1-8(12-16-9(2)18-21-12)15-13(20)17-10-3-5-19-6-4-14-11(19)7-10/h3-8H,1-2H3,(H2,15,17,20). The molecular weight excluding hydrogens is 272 g/mol. The SMILES string of the molecule is Cc1noc(C(C)NC(=O)Nc2ccn3ccnc3c2)n1. The highest BCUT2D eigenvalue weighted by molar-refractivity contribution is 5.89. The first-order valence-electron chi connectivity index (χ1n) is 6.42. The third-order valence-corrected chi connectivity index (χ3v) is 2.92. The number of carbonyl (C=O) groups excluding carboxylic acids is 1. The molecule has 2 N–H and O–H groups in total. The Kier molecular flexibility index (Phi) is 3.27. The summed E-state index contributed by atoms with van der Waals surface area (Å²) in [7, 11) is 0. The molecule has 8 nitrogen and oxygen atoms in total. The summed E-state index contributed by atoms with van der Waals surface area (Å²) >= 11 is 0. The predicted molar refractivity (Wildman–Crippen MR) is 74.8 cm³/mol. The van der Waals surface area contributed by atoms with Gasteiger partial charge >= 0.3 is 6.03 Å². The highest BCUT2D eigenvalue weighted by Crippen LogP contribution is 2.12. The van der Waals surface area contributed by atoms with Crippen LogP contribution in [0.2, 0.25) is 0 Å². The Balaban J connectivity index is 1.65. The molecule has 0 aliphatic carbocycles. The van der Waals surface area contributed by atoms with Crippen molar-refractivity contribution in [3.05, 3.63) is 42.4 Å². The second-order valence-corrected chi connectivity index (χ2v) is 4.61. The minimum absolute atomic E-state index is 0.353. The van der Waals surface area contributed by atoms with Crippen molar-refractivity contribution in [1.29, 1.82) is 0 Å². The van der Waals surface area contributed by atoms with Gasteiger partial charge in [-0.05, 0) is 19.9 Å². The van der Waals surface area contributed by atoms with E-state index in [0.717, 1.165) is 5.65 Å². The molecule has 3 rings (SSSR count). The third-order valence-electron chi connectivity index (χ3n) is 2.92. The number of nitrogens with one attached hydrogen (secondary N) is 2. The van der Waals surface area contributed by atoms with Crippen LogP contribution in [0.1, 0.15) is 24.7 Å². The van der Waals surface area contributed by atoms with E-state index in [1.165, 1.54) is 0 Å². The maximum atomic E-state index is 11.9. The molecule has 0 saturated carbocycles. The molecule has 108 valence electrons. The van der Waals surface area contributed by atoms with Crippen LogP contribution in [0, 0.1) is 6.92 Å². The Labute approximate surface area is 120 Å². The van der Waals surface area contributed by atoms with Crippen LogP contribution >= 0.6 is 0 Å². The van der Waals surface area contributed by atoms with Crippen molar-refractivity contribution < 1.29 is 9.32 Å². The minimum atomic E-state index is -0.374. The Morgan fingerprint density at radius 2 is 2.29 bits per heavy atom. The van der Waals surface area contributed by atoms with Crippen molar-refractivity contribution >= 4 is 17.4 Å². The Morgan fingerprint density at radius 1 is 1.43 bits per heavy atom. The summed E-state index contributed by atoms with van der Waals surface area (Å²) < 4.78 is 6.86. The normalized spacial score (nSPS) is 12.3. The van der Waals surface area contributed by atoms with Crippen molar-refractivity contribution in [2.24, 2.45) is 0 Å². The summed E-state index contributed by atoms with van der Waals surface area (Å²) in [5.41, 5.74) is 1.41. The summed E-state index contributed by atoms with van der Waals surface area (Å²) in [6.07, 6.45) is 5.35. The van der Waals surface area contributed by atoms with Crippen LogP contribution < -0.4 is 10.6 Å². The van der Waals surface area contributed by atoms with Crippen LogP contribution in [-0.4, -0.2) is 25.6 Å². The van der Waals surface area contributed by atoms with E-state index in [-0.39, 0.29) is 12.1 Å². The number of aryl methyl sites for hydroxylation is 1. The van der Waals surface area contributed by atoms with Gasteiger partial charge in [-0.25, -0.2) is 9.78 Å². The number of urea groups is 1. The second-order valence-electron chi connectivity index (χ2n) is 4.61. The molecule has 0 bridgehead atoms. The molecule has 21 heavy (non-hydrogen) atoms. The van der Waals surface area contributed by atoms with Gasteiger partial charge in [-0.3, -0.25) is 0 Å². The average molecular weight is 286 g/mol. The molecule has 0 aliphatic heterocycles. The number of amides is 2. The summed E-state index contributed by atoms with van der Waals surface area (Å²) in [5, 5.41) is 9.15. The van der Waals surface area contributed by atoms with E-state index in [9.17, 15) is 4.79 Å². The number of nitrogens with zero attached hydrogens (tertiary/aromatic N) is 4. The quantitative estimate of drug-likeness (QED) is 0.766. The van der Waals surface area contributed by atoms with Gasteiger partial charge in [0.15, 0.2) is 5.82 Å². The topological polar surface area (TPSA) is 97.3 Å². The first kappa shape index (κ1) is 13.1.